The van der Waals surface area contributed by atoms with Crippen LogP contribution in [-0.2, 0) is 9.53 Å². The Labute approximate surface area is 84.6 Å². The quantitative estimate of drug-likeness (QED) is 0.712. The molecule has 2 N–H and O–H groups in total. The van der Waals surface area contributed by atoms with Crippen molar-refractivity contribution in [1.82, 2.24) is 5.32 Å². The van der Waals surface area contributed by atoms with Gasteiger partial charge in [0.15, 0.2) is 0 Å². The van der Waals surface area contributed by atoms with Gasteiger partial charge < -0.3 is 9.84 Å². The van der Waals surface area contributed by atoms with E-state index in [-0.39, 0.29) is 6.04 Å². The number of aliphatic carboxylic acids is 1. The smallest absolute Gasteiger partial charge is 0.323 e. The zero-order valence-corrected chi connectivity index (χ0v) is 8.88. The van der Waals surface area contributed by atoms with E-state index >= 15 is 0 Å². The van der Waals surface area contributed by atoms with E-state index in [2.05, 4.69) is 5.32 Å². The first-order valence-electron chi connectivity index (χ1n) is 5.17. The average Bonchev–Trinajstić information content (AvgIpc) is 2.19. The molecule has 1 saturated heterocycles. The summed E-state index contributed by atoms with van der Waals surface area (Å²) in [4.78, 5) is 11.0. The molecule has 0 radical (unpaired) electrons. The third-order valence-corrected chi connectivity index (χ3v) is 2.92. The monoisotopic (exact) mass is 201 g/mol. The van der Waals surface area contributed by atoms with Gasteiger partial charge in [0.2, 0.25) is 0 Å². The summed E-state index contributed by atoms with van der Waals surface area (Å²) in [6, 6.07) is 0.282. The second kappa shape index (κ2) is 4.75. The minimum absolute atomic E-state index is 0.282. The molecule has 0 amide bonds. The number of carbonyl (C=O) groups is 1. The standard InChI is InChI=1S/C10H19NO3/c1-3-10(2,9(12)13)11-8-4-6-14-7-5-8/h8,11H,3-7H2,1-2H3,(H,12,13). The van der Waals surface area contributed by atoms with Crippen LogP contribution in [0, 0.1) is 0 Å². The number of hydrogen-bond acceptors (Lipinski definition) is 3. The first-order chi connectivity index (χ1) is 6.58. The van der Waals surface area contributed by atoms with Crippen LogP contribution in [0.2, 0.25) is 0 Å². The molecule has 1 aliphatic rings. The van der Waals surface area contributed by atoms with E-state index in [1.165, 1.54) is 0 Å². The van der Waals surface area contributed by atoms with Crippen molar-refractivity contribution in [2.24, 2.45) is 0 Å². The van der Waals surface area contributed by atoms with Gasteiger partial charge in [-0.05, 0) is 26.2 Å². The lowest BCUT2D eigenvalue weighted by Gasteiger charge is -2.32. The zero-order chi connectivity index (χ0) is 10.6. The Kier molecular flexibility index (Phi) is 3.89. The lowest BCUT2D eigenvalue weighted by atomic mass is 9.96. The summed E-state index contributed by atoms with van der Waals surface area (Å²) in [5, 5.41) is 12.3. The van der Waals surface area contributed by atoms with Crippen molar-refractivity contribution in [3.8, 4) is 0 Å². The first kappa shape index (κ1) is 11.5. The highest BCUT2D eigenvalue weighted by Crippen LogP contribution is 2.15. The van der Waals surface area contributed by atoms with E-state index in [1.807, 2.05) is 6.92 Å². The van der Waals surface area contributed by atoms with Crippen molar-refractivity contribution in [2.45, 2.75) is 44.7 Å². The molecule has 1 heterocycles. The summed E-state index contributed by atoms with van der Waals surface area (Å²) >= 11 is 0. The molecule has 1 fully saturated rings. The molecule has 82 valence electrons. The normalized spacial score (nSPS) is 23.0. The van der Waals surface area contributed by atoms with Crippen molar-refractivity contribution in [1.29, 1.82) is 0 Å². The van der Waals surface area contributed by atoms with E-state index in [1.54, 1.807) is 6.92 Å². The predicted octanol–water partition coefficient (Wildman–Crippen LogP) is 1.01. The van der Waals surface area contributed by atoms with Gasteiger partial charge >= 0.3 is 5.97 Å². The topological polar surface area (TPSA) is 58.6 Å². The maximum Gasteiger partial charge on any atom is 0.323 e. The summed E-state index contributed by atoms with van der Waals surface area (Å²) in [5.74, 6) is -0.772. The van der Waals surface area contributed by atoms with Gasteiger partial charge in [-0.15, -0.1) is 0 Å². The maximum atomic E-state index is 11.0. The van der Waals surface area contributed by atoms with Gasteiger partial charge in [0, 0.05) is 19.3 Å². The Balaban J connectivity index is 2.50. The van der Waals surface area contributed by atoms with Crippen LogP contribution < -0.4 is 5.32 Å². The van der Waals surface area contributed by atoms with Crippen molar-refractivity contribution < 1.29 is 14.6 Å². The second-order valence-electron chi connectivity index (χ2n) is 4.02. The molecule has 0 aliphatic carbocycles. The highest BCUT2D eigenvalue weighted by molar-refractivity contribution is 5.78. The van der Waals surface area contributed by atoms with Crippen LogP contribution in [0.3, 0.4) is 0 Å². The number of rotatable bonds is 4. The summed E-state index contributed by atoms with van der Waals surface area (Å²) in [6.07, 6.45) is 2.41. The molecule has 0 aromatic rings. The fourth-order valence-electron chi connectivity index (χ4n) is 1.61. The maximum absolute atomic E-state index is 11.0. The molecule has 4 heteroatoms. The molecule has 1 rings (SSSR count). The lowest BCUT2D eigenvalue weighted by Crippen LogP contribution is -2.54. The Hall–Kier alpha value is -0.610. The van der Waals surface area contributed by atoms with Gasteiger partial charge in [0.25, 0.3) is 0 Å². The Morgan fingerprint density at radius 2 is 2.14 bits per heavy atom. The van der Waals surface area contributed by atoms with E-state index in [9.17, 15) is 4.79 Å². The Bertz CT molecular complexity index is 202. The molecule has 0 spiro atoms. The van der Waals surface area contributed by atoms with E-state index in [0.29, 0.717) is 6.42 Å². The summed E-state index contributed by atoms with van der Waals surface area (Å²) < 4.78 is 5.22. The zero-order valence-electron chi connectivity index (χ0n) is 8.88. The lowest BCUT2D eigenvalue weighted by molar-refractivity contribution is -0.145. The molecule has 1 unspecified atom stereocenters. The second-order valence-corrected chi connectivity index (χ2v) is 4.02. The molecule has 1 aliphatic heterocycles. The van der Waals surface area contributed by atoms with Gasteiger partial charge in [-0.25, -0.2) is 0 Å². The molecular weight excluding hydrogens is 182 g/mol. The summed E-state index contributed by atoms with van der Waals surface area (Å²) in [7, 11) is 0. The van der Waals surface area contributed by atoms with E-state index < -0.39 is 11.5 Å². The van der Waals surface area contributed by atoms with Crippen LogP contribution in [0.1, 0.15) is 33.1 Å². The van der Waals surface area contributed by atoms with Gasteiger partial charge in [-0.1, -0.05) is 6.92 Å². The van der Waals surface area contributed by atoms with E-state index in [4.69, 9.17) is 9.84 Å². The van der Waals surface area contributed by atoms with Gasteiger partial charge in [-0.3, -0.25) is 10.1 Å². The molecule has 14 heavy (non-hydrogen) atoms. The highest BCUT2D eigenvalue weighted by Gasteiger charge is 2.33. The number of carboxylic acids is 1. The highest BCUT2D eigenvalue weighted by atomic mass is 16.5. The molecule has 1 atom stereocenters. The van der Waals surface area contributed by atoms with Crippen LogP contribution in [0.5, 0.6) is 0 Å². The number of ether oxygens (including phenoxy) is 1. The molecule has 0 aromatic heterocycles. The third kappa shape index (κ3) is 2.69. The number of nitrogens with one attached hydrogen (secondary N) is 1. The van der Waals surface area contributed by atoms with Crippen molar-refractivity contribution in [3.63, 3.8) is 0 Å². The van der Waals surface area contributed by atoms with Crippen LogP contribution in [0.4, 0.5) is 0 Å². The SMILES string of the molecule is CCC(C)(NC1CCOCC1)C(=O)O. The van der Waals surface area contributed by atoms with Crippen LogP contribution in [-0.4, -0.2) is 35.9 Å². The first-order valence-corrected chi connectivity index (χ1v) is 5.17. The molecule has 0 aromatic carbocycles. The Morgan fingerprint density at radius 1 is 1.57 bits per heavy atom. The van der Waals surface area contributed by atoms with Crippen molar-refractivity contribution >= 4 is 5.97 Å². The van der Waals surface area contributed by atoms with Crippen LogP contribution in [0.25, 0.3) is 0 Å². The number of carboxylic acid groups (broad SMARTS) is 1. The Morgan fingerprint density at radius 3 is 2.57 bits per heavy atom. The van der Waals surface area contributed by atoms with Gasteiger partial charge in [-0.2, -0.15) is 0 Å². The molecule has 0 saturated carbocycles. The minimum Gasteiger partial charge on any atom is -0.480 e. The number of hydrogen-bond donors (Lipinski definition) is 2. The molecule has 4 nitrogen and oxygen atoms in total. The summed E-state index contributed by atoms with van der Waals surface area (Å²) in [5.41, 5.74) is -0.790. The van der Waals surface area contributed by atoms with E-state index in [0.717, 1.165) is 26.1 Å². The predicted molar refractivity (Wildman–Crippen MR) is 53.3 cm³/mol. The largest absolute Gasteiger partial charge is 0.480 e. The molecular formula is C10H19NO3. The average molecular weight is 201 g/mol. The third-order valence-electron chi connectivity index (χ3n) is 2.92. The van der Waals surface area contributed by atoms with Crippen molar-refractivity contribution in [3.05, 3.63) is 0 Å². The fraction of sp³-hybridized carbons (Fsp3) is 0.900. The van der Waals surface area contributed by atoms with Gasteiger partial charge in [0.1, 0.15) is 5.54 Å². The van der Waals surface area contributed by atoms with Gasteiger partial charge in [0.05, 0.1) is 0 Å². The van der Waals surface area contributed by atoms with Crippen LogP contribution >= 0.6 is 0 Å². The fourth-order valence-corrected chi connectivity index (χ4v) is 1.61. The minimum atomic E-state index is -0.790. The molecule has 0 bridgehead atoms. The van der Waals surface area contributed by atoms with Crippen molar-refractivity contribution in [2.75, 3.05) is 13.2 Å². The summed E-state index contributed by atoms with van der Waals surface area (Å²) in [6.45, 7) is 5.10. The van der Waals surface area contributed by atoms with Crippen LogP contribution in [0.15, 0.2) is 0 Å².